The van der Waals surface area contributed by atoms with Gasteiger partial charge in [-0.1, -0.05) is 91.5 Å². The summed E-state index contributed by atoms with van der Waals surface area (Å²) < 4.78 is 6.57. The zero-order chi connectivity index (χ0) is 16.1. The van der Waals surface area contributed by atoms with E-state index in [9.17, 15) is 0 Å². The smallest absolute Gasteiger partial charge is 0.352 e. The van der Waals surface area contributed by atoms with Crippen LogP contribution in [0.3, 0.4) is 0 Å². The molecule has 0 fully saturated rings. The summed E-state index contributed by atoms with van der Waals surface area (Å²) in [6, 6.07) is 27.1. The zero-order valence-electron chi connectivity index (χ0n) is 13.2. The highest BCUT2D eigenvalue weighted by Crippen LogP contribution is 2.24. The highest BCUT2D eigenvalue weighted by atomic mass is 28.3. The van der Waals surface area contributed by atoms with Crippen molar-refractivity contribution >= 4 is 25.5 Å². The molecule has 113 valence electrons. The molecule has 23 heavy (non-hydrogen) atoms. The van der Waals surface area contributed by atoms with Gasteiger partial charge in [0.2, 0.25) is 0 Å². The monoisotopic (exact) mass is 315 g/mol. The Hall–Kier alpha value is -2.58. The largest absolute Gasteiger partial charge is 0.532 e. The van der Waals surface area contributed by atoms with E-state index < -0.39 is 9.04 Å². The summed E-state index contributed by atoms with van der Waals surface area (Å²) in [5.74, 6) is 0.934. The van der Waals surface area contributed by atoms with Gasteiger partial charge in [-0.2, -0.15) is 0 Å². The van der Waals surface area contributed by atoms with Crippen LogP contribution in [0.5, 0.6) is 5.75 Å². The molecule has 0 bridgehead atoms. The molecule has 3 rings (SSSR count). The van der Waals surface area contributed by atoms with Gasteiger partial charge >= 0.3 is 9.04 Å². The maximum Gasteiger partial charge on any atom is 0.352 e. The molecule has 0 unspecified atom stereocenters. The van der Waals surface area contributed by atoms with Crippen molar-refractivity contribution in [1.29, 1.82) is 0 Å². The summed E-state index contributed by atoms with van der Waals surface area (Å²) in [6.07, 6.45) is 1.86. The van der Waals surface area contributed by atoms with Crippen molar-refractivity contribution in [3.8, 4) is 5.75 Å². The third kappa shape index (κ3) is 3.43. The lowest BCUT2D eigenvalue weighted by Gasteiger charge is -2.20. The molecule has 0 saturated heterocycles. The molecule has 0 heterocycles. The summed E-state index contributed by atoms with van der Waals surface area (Å²) in [7, 11) is -1.35. The summed E-state index contributed by atoms with van der Waals surface area (Å²) in [5, 5.41) is 2.48. The Morgan fingerprint density at radius 3 is 1.87 bits per heavy atom. The van der Waals surface area contributed by atoms with Crippen molar-refractivity contribution in [3.63, 3.8) is 0 Å². The summed E-state index contributed by atoms with van der Waals surface area (Å²) in [5.41, 5.74) is 2.18. The predicted octanol–water partition coefficient (Wildman–Crippen LogP) is 3.82. The Morgan fingerprint density at radius 1 is 0.783 bits per heavy atom. The van der Waals surface area contributed by atoms with Crippen molar-refractivity contribution in [2.24, 2.45) is 0 Å². The first-order valence-corrected chi connectivity index (χ1v) is 9.08. The maximum absolute atomic E-state index is 6.57. The van der Waals surface area contributed by atoms with Crippen molar-refractivity contribution < 1.29 is 4.43 Å². The second-order valence-corrected chi connectivity index (χ2v) is 7.38. The van der Waals surface area contributed by atoms with E-state index in [-0.39, 0.29) is 0 Å². The lowest BCUT2D eigenvalue weighted by atomic mass is 10.1. The van der Waals surface area contributed by atoms with E-state index >= 15 is 0 Å². The Bertz CT molecular complexity index is 742. The molecule has 0 aliphatic rings. The van der Waals surface area contributed by atoms with Gasteiger partial charge in [0.05, 0.1) is 0 Å². The Kier molecular flexibility index (Phi) is 4.74. The molecule has 0 spiro atoms. The van der Waals surface area contributed by atoms with Crippen LogP contribution in [0.2, 0.25) is 0 Å². The van der Waals surface area contributed by atoms with E-state index in [2.05, 4.69) is 68.1 Å². The van der Waals surface area contributed by atoms with Gasteiger partial charge in [-0.15, -0.1) is 0 Å². The first kappa shape index (κ1) is 15.3. The fraction of sp³-hybridized carbons (Fsp3) is 0.0476. The van der Waals surface area contributed by atoms with Crippen LogP contribution in [0, 0.1) is 6.92 Å². The molecule has 1 radical (unpaired) electrons. The number of para-hydroxylation sites is 1. The van der Waals surface area contributed by atoms with Gasteiger partial charge in [-0.05, 0) is 22.9 Å². The first-order valence-electron chi connectivity index (χ1n) is 7.67. The molecule has 0 N–H and O–H groups in total. The van der Waals surface area contributed by atoms with Crippen LogP contribution in [0.15, 0.2) is 85.4 Å². The van der Waals surface area contributed by atoms with Crippen molar-refractivity contribution in [2.45, 2.75) is 6.92 Å². The van der Waals surface area contributed by atoms with Gasteiger partial charge in [0.15, 0.2) is 0 Å². The van der Waals surface area contributed by atoms with Gasteiger partial charge in [0, 0.05) is 5.56 Å². The minimum Gasteiger partial charge on any atom is -0.532 e. The van der Waals surface area contributed by atoms with Crippen LogP contribution in [-0.2, 0) is 0 Å². The summed E-state index contributed by atoms with van der Waals surface area (Å²) in [6.45, 7) is 6.00. The normalized spacial score (nSPS) is 10.5. The van der Waals surface area contributed by atoms with Gasteiger partial charge < -0.3 is 4.43 Å². The average Bonchev–Trinajstić information content (AvgIpc) is 2.62. The molecule has 0 atom stereocenters. The molecule has 3 aromatic carbocycles. The molecule has 0 amide bonds. The number of benzene rings is 3. The van der Waals surface area contributed by atoms with E-state index in [1.54, 1.807) is 0 Å². The maximum atomic E-state index is 6.57. The second kappa shape index (κ2) is 7.12. The number of hydrogen-bond acceptors (Lipinski definition) is 1. The third-order valence-electron chi connectivity index (χ3n) is 3.74. The molecule has 1 nitrogen and oxygen atoms in total. The van der Waals surface area contributed by atoms with E-state index in [4.69, 9.17) is 4.43 Å². The minimum atomic E-state index is -1.35. The molecule has 0 aliphatic heterocycles. The standard InChI is InChI=1S/C21H19OSi/c1-3-18-12-10-11-17(2)21(18)22-23(19-13-6-4-7-14-19)20-15-8-5-9-16-20/h3-16H,1H2,2H3. The topological polar surface area (TPSA) is 9.23 Å². The van der Waals surface area contributed by atoms with E-state index in [0.717, 1.165) is 16.9 Å². The number of rotatable bonds is 5. The Morgan fingerprint density at radius 2 is 1.35 bits per heavy atom. The Labute approximate surface area is 139 Å². The molecule has 0 aliphatic carbocycles. The lowest BCUT2D eigenvalue weighted by Crippen LogP contribution is -2.47. The molecule has 0 saturated carbocycles. The highest BCUT2D eigenvalue weighted by molar-refractivity contribution is 6.80. The number of hydrogen-bond donors (Lipinski definition) is 0. The predicted molar refractivity (Wildman–Crippen MR) is 99.8 cm³/mol. The van der Waals surface area contributed by atoms with Gasteiger partial charge in [0.1, 0.15) is 5.75 Å². The van der Waals surface area contributed by atoms with Gasteiger partial charge in [0.25, 0.3) is 0 Å². The first-order chi connectivity index (χ1) is 11.3. The van der Waals surface area contributed by atoms with Crippen LogP contribution < -0.4 is 14.8 Å². The molecule has 0 aromatic heterocycles. The molecule has 2 heteroatoms. The second-order valence-electron chi connectivity index (χ2n) is 5.36. The fourth-order valence-corrected chi connectivity index (χ4v) is 4.58. The molecular formula is C21H19OSi. The van der Waals surface area contributed by atoms with Crippen LogP contribution in [-0.4, -0.2) is 9.04 Å². The summed E-state index contributed by atoms with van der Waals surface area (Å²) >= 11 is 0. The van der Waals surface area contributed by atoms with E-state index in [0.29, 0.717) is 0 Å². The molecule has 3 aromatic rings. The van der Waals surface area contributed by atoms with Gasteiger partial charge in [-0.25, -0.2) is 0 Å². The van der Waals surface area contributed by atoms with E-state index in [1.807, 2.05) is 30.3 Å². The average molecular weight is 315 g/mol. The summed E-state index contributed by atoms with van der Waals surface area (Å²) in [4.78, 5) is 0. The molecular weight excluding hydrogens is 296 g/mol. The minimum absolute atomic E-state index is 0.934. The van der Waals surface area contributed by atoms with Crippen LogP contribution >= 0.6 is 0 Å². The SMILES string of the molecule is C=Cc1cccc(C)c1O[Si](c1ccccc1)c1ccccc1. The van der Waals surface area contributed by atoms with Crippen LogP contribution in [0.1, 0.15) is 11.1 Å². The highest BCUT2D eigenvalue weighted by Gasteiger charge is 2.22. The quantitative estimate of drug-likeness (QED) is 0.650. The zero-order valence-corrected chi connectivity index (χ0v) is 14.2. The number of aryl methyl sites for hydroxylation is 1. The Balaban J connectivity index is 2.06. The van der Waals surface area contributed by atoms with Gasteiger partial charge in [-0.3, -0.25) is 0 Å². The van der Waals surface area contributed by atoms with Crippen molar-refractivity contribution in [2.75, 3.05) is 0 Å². The van der Waals surface area contributed by atoms with Crippen molar-refractivity contribution in [1.82, 2.24) is 0 Å². The fourth-order valence-electron chi connectivity index (χ4n) is 2.54. The third-order valence-corrected chi connectivity index (χ3v) is 5.86. The van der Waals surface area contributed by atoms with Crippen LogP contribution in [0.25, 0.3) is 6.08 Å². The van der Waals surface area contributed by atoms with Crippen molar-refractivity contribution in [3.05, 3.63) is 96.6 Å². The van der Waals surface area contributed by atoms with Crippen LogP contribution in [0.4, 0.5) is 0 Å². The lowest BCUT2D eigenvalue weighted by molar-refractivity contribution is 0.585. The van der Waals surface area contributed by atoms with E-state index in [1.165, 1.54) is 10.4 Å².